The van der Waals surface area contributed by atoms with Gasteiger partial charge in [0.15, 0.2) is 0 Å². The zero-order chi connectivity index (χ0) is 18.1. The first kappa shape index (κ1) is 16.8. The first-order valence-corrected chi connectivity index (χ1v) is 8.09. The van der Waals surface area contributed by atoms with Crippen molar-refractivity contribution in [1.82, 2.24) is 15.8 Å². The number of carbonyl (C=O) groups excluding carboxylic acids is 2. The number of hydrogen-bond donors (Lipinski definition) is 3. The maximum Gasteiger partial charge on any atom is 0.273 e. The number of benzene rings is 1. The molecule has 1 aromatic carbocycles. The molecule has 3 rings (SSSR count). The largest absolute Gasteiger partial charge is 0.466 e. The molecule has 0 atom stereocenters. The Labute approximate surface area is 145 Å². The Morgan fingerprint density at radius 2 is 1.84 bits per heavy atom. The summed E-state index contributed by atoms with van der Waals surface area (Å²) >= 11 is 0. The lowest BCUT2D eigenvalue weighted by Crippen LogP contribution is -2.42. The van der Waals surface area contributed by atoms with Crippen LogP contribution in [0.3, 0.4) is 0 Å². The fourth-order valence-corrected chi connectivity index (χ4v) is 2.98. The van der Waals surface area contributed by atoms with Crippen molar-refractivity contribution in [2.45, 2.75) is 34.1 Å². The monoisotopic (exact) mass is 339 g/mol. The van der Waals surface area contributed by atoms with Crippen molar-refractivity contribution in [3.05, 3.63) is 58.2 Å². The lowest BCUT2D eigenvalue weighted by Gasteiger charge is -2.07. The average molecular weight is 339 g/mol. The molecule has 0 aliphatic rings. The van der Waals surface area contributed by atoms with Crippen LogP contribution in [0.4, 0.5) is 0 Å². The molecule has 3 N–H and O–H groups in total. The summed E-state index contributed by atoms with van der Waals surface area (Å²) in [5, 5.41) is 1.03. The van der Waals surface area contributed by atoms with E-state index in [4.69, 9.17) is 4.42 Å². The summed E-state index contributed by atoms with van der Waals surface area (Å²) in [6, 6.07) is 7.73. The summed E-state index contributed by atoms with van der Waals surface area (Å²) in [4.78, 5) is 27.7. The molecular formula is C19H21N3O3. The number of hydrogen-bond acceptors (Lipinski definition) is 3. The van der Waals surface area contributed by atoms with Crippen LogP contribution in [0.2, 0.25) is 0 Å². The molecule has 6 heteroatoms. The molecule has 0 fully saturated rings. The van der Waals surface area contributed by atoms with Gasteiger partial charge in [0, 0.05) is 16.6 Å². The molecule has 0 aliphatic heterocycles. The van der Waals surface area contributed by atoms with E-state index in [0.717, 1.165) is 27.7 Å². The first-order valence-electron chi connectivity index (χ1n) is 8.09. The summed E-state index contributed by atoms with van der Waals surface area (Å²) in [6.45, 7) is 7.43. The van der Waals surface area contributed by atoms with Crippen LogP contribution in [0.5, 0.6) is 0 Å². The summed E-state index contributed by atoms with van der Waals surface area (Å²) in [7, 11) is 0. The maximum absolute atomic E-state index is 12.3. The molecule has 2 heterocycles. The smallest absolute Gasteiger partial charge is 0.273 e. The van der Waals surface area contributed by atoms with E-state index in [1.54, 1.807) is 19.9 Å². The van der Waals surface area contributed by atoms with Gasteiger partial charge in [-0.05, 0) is 51.5 Å². The maximum atomic E-state index is 12.3. The molecule has 0 bridgehead atoms. The lowest BCUT2D eigenvalue weighted by molar-refractivity contribution is -0.121. The Bertz CT molecular complexity index is 966. The third-order valence-electron chi connectivity index (χ3n) is 4.21. The van der Waals surface area contributed by atoms with Crippen LogP contribution < -0.4 is 10.9 Å². The van der Waals surface area contributed by atoms with Gasteiger partial charge < -0.3 is 9.40 Å². The normalized spacial score (nSPS) is 10.9. The molecule has 6 nitrogen and oxygen atoms in total. The van der Waals surface area contributed by atoms with Gasteiger partial charge in [-0.2, -0.15) is 0 Å². The Hall–Kier alpha value is -3.02. The Kier molecular flexibility index (Phi) is 4.35. The van der Waals surface area contributed by atoms with Crippen LogP contribution >= 0.6 is 0 Å². The molecule has 0 aliphatic carbocycles. The average Bonchev–Trinajstić information content (AvgIpc) is 3.04. The molecule has 25 heavy (non-hydrogen) atoms. The van der Waals surface area contributed by atoms with E-state index in [-0.39, 0.29) is 12.3 Å². The van der Waals surface area contributed by atoms with Crippen molar-refractivity contribution >= 4 is 22.7 Å². The van der Waals surface area contributed by atoms with Crippen LogP contribution in [0, 0.1) is 27.7 Å². The topological polar surface area (TPSA) is 87.1 Å². The van der Waals surface area contributed by atoms with Crippen LogP contribution in [0.1, 0.15) is 38.7 Å². The van der Waals surface area contributed by atoms with Gasteiger partial charge in [-0.1, -0.05) is 11.6 Å². The highest BCUT2D eigenvalue weighted by Gasteiger charge is 2.16. The quantitative estimate of drug-likeness (QED) is 0.641. The second-order valence-electron chi connectivity index (χ2n) is 6.28. The standard InChI is InChI=1S/C19H21N3O3/c1-10-5-6-17-16(7-10)14(12(3)20-17)9-18(23)21-22-19(24)15-8-11(2)25-13(15)4/h5-8,20H,9H2,1-4H3,(H,21,23)(H,22,24). The molecule has 0 radical (unpaired) electrons. The molecule has 130 valence electrons. The second kappa shape index (κ2) is 6.47. The van der Waals surface area contributed by atoms with Crippen molar-refractivity contribution in [3.8, 4) is 0 Å². The van der Waals surface area contributed by atoms with E-state index < -0.39 is 5.91 Å². The predicted octanol–water partition coefficient (Wildman–Crippen LogP) is 3.00. The number of hydrazine groups is 1. The van der Waals surface area contributed by atoms with E-state index in [1.165, 1.54) is 0 Å². The second-order valence-corrected chi connectivity index (χ2v) is 6.28. The molecule has 3 aromatic rings. The van der Waals surface area contributed by atoms with Gasteiger partial charge in [-0.25, -0.2) is 0 Å². The van der Waals surface area contributed by atoms with Crippen molar-refractivity contribution < 1.29 is 14.0 Å². The van der Waals surface area contributed by atoms with Crippen LogP contribution in [0.25, 0.3) is 10.9 Å². The van der Waals surface area contributed by atoms with E-state index in [1.807, 2.05) is 26.0 Å². The minimum absolute atomic E-state index is 0.180. The summed E-state index contributed by atoms with van der Waals surface area (Å²) in [5.41, 5.74) is 9.33. The van der Waals surface area contributed by atoms with Gasteiger partial charge >= 0.3 is 0 Å². The van der Waals surface area contributed by atoms with E-state index in [9.17, 15) is 9.59 Å². The van der Waals surface area contributed by atoms with Crippen molar-refractivity contribution in [3.63, 3.8) is 0 Å². The zero-order valence-electron chi connectivity index (χ0n) is 14.7. The van der Waals surface area contributed by atoms with Crippen LogP contribution in [-0.4, -0.2) is 16.8 Å². The highest BCUT2D eigenvalue weighted by Crippen LogP contribution is 2.23. The molecule has 2 amide bonds. The summed E-state index contributed by atoms with van der Waals surface area (Å²) in [6.07, 6.45) is 0.180. The number of aromatic nitrogens is 1. The number of H-pyrrole nitrogens is 1. The highest BCUT2D eigenvalue weighted by molar-refractivity contribution is 5.97. The summed E-state index contributed by atoms with van der Waals surface area (Å²) < 4.78 is 5.33. The highest BCUT2D eigenvalue weighted by atomic mass is 16.3. The number of nitrogens with one attached hydrogen (secondary N) is 3. The zero-order valence-corrected chi connectivity index (χ0v) is 14.7. The van der Waals surface area contributed by atoms with Gasteiger partial charge in [0.1, 0.15) is 11.5 Å². The number of carbonyl (C=O) groups is 2. The molecule has 2 aromatic heterocycles. The third-order valence-corrected chi connectivity index (χ3v) is 4.21. The van der Waals surface area contributed by atoms with Gasteiger partial charge in [0.25, 0.3) is 5.91 Å². The van der Waals surface area contributed by atoms with Crippen molar-refractivity contribution in [2.75, 3.05) is 0 Å². The number of aryl methyl sites for hydroxylation is 4. The molecule has 0 saturated carbocycles. The number of aromatic amines is 1. The fourth-order valence-electron chi connectivity index (χ4n) is 2.98. The number of fused-ring (bicyclic) bond motifs is 1. The van der Waals surface area contributed by atoms with Crippen molar-refractivity contribution in [2.24, 2.45) is 0 Å². The SMILES string of the molecule is Cc1ccc2[nH]c(C)c(CC(=O)NNC(=O)c3cc(C)oc3C)c2c1. The van der Waals surface area contributed by atoms with Crippen LogP contribution in [-0.2, 0) is 11.2 Å². The van der Waals surface area contributed by atoms with E-state index in [0.29, 0.717) is 17.1 Å². The molecule has 0 saturated heterocycles. The summed E-state index contributed by atoms with van der Waals surface area (Å²) in [5.74, 6) is 0.497. The third kappa shape index (κ3) is 3.42. The van der Waals surface area contributed by atoms with Crippen molar-refractivity contribution in [1.29, 1.82) is 0 Å². The van der Waals surface area contributed by atoms with Gasteiger partial charge in [0.05, 0.1) is 12.0 Å². The predicted molar refractivity (Wildman–Crippen MR) is 95.3 cm³/mol. The molecular weight excluding hydrogens is 318 g/mol. The van der Waals surface area contributed by atoms with Gasteiger partial charge in [-0.3, -0.25) is 20.4 Å². The Balaban J connectivity index is 1.69. The lowest BCUT2D eigenvalue weighted by atomic mass is 10.1. The number of furan rings is 1. The van der Waals surface area contributed by atoms with E-state index in [2.05, 4.69) is 21.9 Å². The fraction of sp³-hybridized carbons (Fsp3) is 0.263. The minimum atomic E-state index is -0.394. The molecule has 0 spiro atoms. The minimum Gasteiger partial charge on any atom is -0.466 e. The Morgan fingerprint density at radius 1 is 1.08 bits per heavy atom. The number of rotatable bonds is 3. The Morgan fingerprint density at radius 3 is 2.52 bits per heavy atom. The molecule has 0 unspecified atom stereocenters. The van der Waals surface area contributed by atoms with Gasteiger partial charge in [-0.15, -0.1) is 0 Å². The van der Waals surface area contributed by atoms with Crippen LogP contribution in [0.15, 0.2) is 28.7 Å². The van der Waals surface area contributed by atoms with E-state index >= 15 is 0 Å². The number of amides is 2. The first-order chi connectivity index (χ1) is 11.8. The van der Waals surface area contributed by atoms with Gasteiger partial charge in [0.2, 0.25) is 5.91 Å².